The molecule has 1 heteroatoms. The van der Waals surface area contributed by atoms with Crippen molar-refractivity contribution in [1.82, 2.24) is 4.90 Å². The maximum atomic E-state index is 3.75. The summed E-state index contributed by atoms with van der Waals surface area (Å²) in [4.78, 5) is 2.41. The molecule has 0 radical (unpaired) electrons. The third kappa shape index (κ3) is 2.42. The van der Waals surface area contributed by atoms with Crippen molar-refractivity contribution in [3.63, 3.8) is 0 Å². The zero-order valence-electron chi connectivity index (χ0n) is 8.10. The van der Waals surface area contributed by atoms with Gasteiger partial charge in [-0.2, -0.15) is 0 Å². The Bertz CT molecular complexity index is 177. The van der Waals surface area contributed by atoms with Crippen molar-refractivity contribution in [2.24, 2.45) is 0 Å². The van der Waals surface area contributed by atoms with Crippen molar-refractivity contribution >= 4 is 0 Å². The molecule has 0 N–H and O–H groups in total. The Labute approximate surface area is 75.8 Å². The van der Waals surface area contributed by atoms with Crippen LogP contribution in [0, 0.1) is 0 Å². The van der Waals surface area contributed by atoms with Crippen molar-refractivity contribution in [2.45, 2.75) is 39.0 Å². The summed E-state index contributed by atoms with van der Waals surface area (Å²) in [6.07, 6.45) is 6.59. The summed E-state index contributed by atoms with van der Waals surface area (Å²) in [5.41, 5.74) is 4.40. The number of hydrogen-bond acceptors (Lipinski definition) is 1. The smallest absolute Gasteiger partial charge is 0.0557 e. The van der Waals surface area contributed by atoms with Crippen LogP contribution in [-0.4, -0.2) is 18.0 Å². The van der Waals surface area contributed by atoms with Gasteiger partial charge in [0.15, 0.2) is 0 Å². The zero-order valence-corrected chi connectivity index (χ0v) is 8.10. The topological polar surface area (TPSA) is 3.24 Å². The first-order valence-corrected chi connectivity index (χ1v) is 5.02. The van der Waals surface area contributed by atoms with E-state index in [1.165, 1.54) is 44.3 Å². The summed E-state index contributed by atoms with van der Waals surface area (Å²) in [7, 11) is 0. The molecular formula is C11H19N. The van der Waals surface area contributed by atoms with E-state index >= 15 is 0 Å². The minimum atomic E-state index is 1.11. The first kappa shape index (κ1) is 9.41. The van der Waals surface area contributed by atoms with E-state index in [1.807, 2.05) is 0 Å². The first-order chi connectivity index (χ1) is 5.88. The van der Waals surface area contributed by atoms with Crippen molar-refractivity contribution in [3.8, 4) is 0 Å². The molecule has 1 fully saturated rings. The number of rotatable bonds is 1. The largest absolute Gasteiger partial charge is 0.369 e. The minimum absolute atomic E-state index is 1.11. The van der Waals surface area contributed by atoms with Gasteiger partial charge in [0.2, 0.25) is 0 Å². The third-order valence-electron chi connectivity index (χ3n) is 2.56. The molecule has 0 aromatic heterocycles. The number of nitrogens with zero attached hydrogens (tertiary/aromatic N) is 1. The van der Waals surface area contributed by atoms with Crippen molar-refractivity contribution in [2.75, 3.05) is 13.1 Å². The first-order valence-electron chi connectivity index (χ1n) is 5.02. The molecule has 12 heavy (non-hydrogen) atoms. The van der Waals surface area contributed by atoms with Crippen LogP contribution in [0.15, 0.2) is 18.0 Å². The van der Waals surface area contributed by atoms with E-state index in [0.29, 0.717) is 0 Å². The number of likely N-dealkylation sites (tertiary alicyclic amines) is 1. The quantitative estimate of drug-likeness (QED) is 0.540. The van der Waals surface area contributed by atoms with Crippen LogP contribution in [0.5, 0.6) is 0 Å². The van der Waals surface area contributed by atoms with E-state index in [9.17, 15) is 0 Å². The second-order valence-corrected chi connectivity index (χ2v) is 3.37. The highest BCUT2D eigenvalue weighted by atomic mass is 15.1. The molecule has 1 heterocycles. The van der Waals surface area contributed by atoms with Crippen molar-refractivity contribution in [3.05, 3.63) is 18.0 Å². The molecule has 1 nitrogen and oxygen atoms in total. The van der Waals surface area contributed by atoms with Crippen molar-refractivity contribution < 1.29 is 0 Å². The zero-order chi connectivity index (χ0) is 8.81. The molecule has 1 saturated heterocycles. The highest BCUT2D eigenvalue weighted by molar-refractivity contribution is 4.98. The predicted octanol–water partition coefficient (Wildman–Crippen LogP) is 2.94. The highest BCUT2D eigenvalue weighted by Crippen LogP contribution is 2.17. The molecule has 0 bridgehead atoms. The molecule has 1 rings (SSSR count). The Morgan fingerprint density at radius 3 is 2.75 bits per heavy atom. The lowest BCUT2D eigenvalue weighted by atomic mass is 10.1. The van der Waals surface area contributed by atoms with Crippen LogP contribution in [0.3, 0.4) is 0 Å². The molecule has 68 valence electrons. The summed E-state index contributed by atoms with van der Waals surface area (Å²) < 4.78 is 0. The van der Waals surface area contributed by atoms with Gasteiger partial charge in [-0.05, 0) is 26.2 Å². The molecular weight excluding hydrogens is 146 g/mol. The Morgan fingerprint density at radius 2 is 2.08 bits per heavy atom. The van der Waals surface area contributed by atoms with Gasteiger partial charge in [-0.3, -0.25) is 0 Å². The SMILES string of the molecule is C=C=C1CCCCCCN1CC. The van der Waals surface area contributed by atoms with E-state index in [1.54, 1.807) is 0 Å². The Kier molecular flexibility index (Phi) is 3.96. The highest BCUT2D eigenvalue weighted by Gasteiger charge is 2.09. The molecule has 1 aliphatic rings. The van der Waals surface area contributed by atoms with Crippen LogP contribution >= 0.6 is 0 Å². The maximum Gasteiger partial charge on any atom is 0.0557 e. The monoisotopic (exact) mass is 165 g/mol. The van der Waals surface area contributed by atoms with Crippen LogP contribution in [0.1, 0.15) is 39.0 Å². The number of allylic oxidation sites excluding steroid dienone is 1. The normalized spacial score (nSPS) is 19.8. The van der Waals surface area contributed by atoms with E-state index in [4.69, 9.17) is 0 Å². The summed E-state index contributed by atoms with van der Waals surface area (Å²) in [5.74, 6) is 0. The second kappa shape index (κ2) is 5.05. The molecule has 0 aromatic rings. The molecule has 0 atom stereocenters. The van der Waals surface area contributed by atoms with Gasteiger partial charge in [0.1, 0.15) is 0 Å². The van der Waals surface area contributed by atoms with Crippen molar-refractivity contribution in [1.29, 1.82) is 0 Å². The van der Waals surface area contributed by atoms with Gasteiger partial charge < -0.3 is 4.90 Å². The summed E-state index contributed by atoms with van der Waals surface area (Å²) >= 11 is 0. The fourth-order valence-electron chi connectivity index (χ4n) is 1.79. The van der Waals surface area contributed by atoms with E-state index in [-0.39, 0.29) is 0 Å². The standard InChI is InChI=1S/C11H19N/c1-3-11-9-7-5-6-8-10-12(11)4-2/h1,4-10H2,2H3. The molecule has 0 aromatic carbocycles. The summed E-state index contributed by atoms with van der Waals surface area (Å²) in [5, 5.41) is 0. The van der Waals surface area contributed by atoms with Crippen LogP contribution in [-0.2, 0) is 0 Å². The molecule has 1 aliphatic heterocycles. The fourth-order valence-corrected chi connectivity index (χ4v) is 1.79. The molecule has 0 saturated carbocycles. The molecule has 0 amide bonds. The van der Waals surface area contributed by atoms with Gasteiger partial charge >= 0.3 is 0 Å². The van der Waals surface area contributed by atoms with Gasteiger partial charge in [0.05, 0.1) is 5.70 Å². The molecule has 0 aliphatic carbocycles. The van der Waals surface area contributed by atoms with Crippen LogP contribution in [0.2, 0.25) is 0 Å². The van der Waals surface area contributed by atoms with Gasteiger partial charge in [0, 0.05) is 13.1 Å². The van der Waals surface area contributed by atoms with Crippen LogP contribution < -0.4 is 0 Å². The van der Waals surface area contributed by atoms with Crippen LogP contribution in [0.25, 0.3) is 0 Å². The second-order valence-electron chi connectivity index (χ2n) is 3.37. The summed E-state index contributed by atoms with van der Waals surface area (Å²) in [6, 6.07) is 0. The van der Waals surface area contributed by atoms with Crippen LogP contribution in [0.4, 0.5) is 0 Å². The molecule has 0 spiro atoms. The lowest BCUT2D eigenvalue weighted by Crippen LogP contribution is -2.24. The average Bonchev–Trinajstić information content (AvgIpc) is 2.05. The maximum absolute atomic E-state index is 3.75. The van der Waals surface area contributed by atoms with E-state index < -0.39 is 0 Å². The Balaban J connectivity index is 2.58. The predicted molar refractivity (Wildman–Crippen MR) is 53.0 cm³/mol. The fraction of sp³-hybridized carbons (Fsp3) is 0.727. The Hall–Kier alpha value is -0.680. The third-order valence-corrected chi connectivity index (χ3v) is 2.56. The van der Waals surface area contributed by atoms with Gasteiger partial charge in [-0.1, -0.05) is 19.4 Å². The molecule has 0 unspecified atom stereocenters. The number of hydrogen-bond donors (Lipinski definition) is 0. The van der Waals surface area contributed by atoms with Gasteiger partial charge in [-0.15, -0.1) is 5.73 Å². The average molecular weight is 165 g/mol. The lowest BCUT2D eigenvalue weighted by Gasteiger charge is -2.26. The Morgan fingerprint density at radius 1 is 1.33 bits per heavy atom. The minimum Gasteiger partial charge on any atom is -0.369 e. The summed E-state index contributed by atoms with van der Waals surface area (Å²) in [6.45, 7) is 8.27. The van der Waals surface area contributed by atoms with Gasteiger partial charge in [-0.25, -0.2) is 0 Å². The van der Waals surface area contributed by atoms with E-state index in [2.05, 4.69) is 24.1 Å². The van der Waals surface area contributed by atoms with Gasteiger partial charge in [0.25, 0.3) is 0 Å². The van der Waals surface area contributed by atoms with E-state index in [0.717, 1.165) is 6.54 Å². The lowest BCUT2D eigenvalue weighted by molar-refractivity contribution is 0.320.